The van der Waals surface area contributed by atoms with Gasteiger partial charge in [0.25, 0.3) is 0 Å². The van der Waals surface area contributed by atoms with E-state index in [9.17, 15) is 9.90 Å². The van der Waals surface area contributed by atoms with Crippen molar-refractivity contribution in [1.82, 2.24) is 14.6 Å². The van der Waals surface area contributed by atoms with Gasteiger partial charge in [0, 0.05) is 18.9 Å². The summed E-state index contributed by atoms with van der Waals surface area (Å²) < 4.78 is 1.74. The number of hydrogen-bond acceptors (Lipinski definition) is 4. The lowest BCUT2D eigenvalue weighted by molar-refractivity contribution is -0.138. The molecule has 1 saturated heterocycles. The monoisotopic (exact) mass is 246 g/mol. The van der Waals surface area contributed by atoms with Gasteiger partial charge in [-0.2, -0.15) is 5.10 Å². The number of anilines is 1. The summed E-state index contributed by atoms with van der Waals surface area (Å²) in [4.78, 5) is 17.4. The highest BCUT2D eigenvalue weighted by atomic mass is 16.4. The van der Waals surface area contributed by atoms with Crippen LogP contribution in [-0.4, -0.2) is 38.3 Å². The number of carboxylic acids is 1. The van der Waals surface area contributed by atoms with Gasteiger partial charge in [0.05, 0.1) is 5.69 Å². The largest absolute Gasteiger partial charge is 0.480 e. The predicted octanol–water partition coefficient (Wildman–Crippen LogP) is 1.09. The van der Waals surface area contributed by atoms with Crippen LogP contribution < -0.4 is 4.90 Å². The first kappa shape index (κ1) is 11.0. The van der Waals surface area contributed by atoms with Crippen LogP contribution in [-0.2, 0) is 4.79 Å². The second-order valence-electron chi connectivity index (χ2n) is 4.56. The maximum Gasteiger partial charge on any atom is 0.326 e. The van der Waals surface area contributed by atoms with Crippen LogP contribution in [0.2, 0.25) is 0 Å². The van der Waals surface area contributed by atoms with Crippen molar-refractivity contribution in [1.29, 1.82) is 0 Å². The fourth-order valence-electron chi connectivity index (χ4n) is 2.53. The van der Waals surface area contributed by atoms with E-state index < -0.39 is 12.0 Å². The summed E-state index contributed by atoms with van der Waals surface area (Å²) in [6, 6.07) is 1.46. The third-order valence-corrected chi connectivity index (χ3v) is 3.30. The molecule has 3 rings (SSSR count). The number of rotatable bonds is 2. The number of carboxylic acid groups (broad SMARTS) is 1. The van der Waals surface area contributed by atoms with Gasteiger partial charge in [-0.15, -0.1) is 0 Å². The third-order valence-electron chi connectivity index (χ3n) is 3.30. The Morgan fingerprint density at radius 3 is 3.17 bits per heavy atom. The Hall–Kier alpha value is -2.11. The van der Waals surface area contributed by atoms with Crippen molar-refractivity contribution in [2.75, 3.05) is 11.4 Å². The van der Waals surface area contributed by atoms with Gasteiger partial charge in [-0.25, -0.2) is 14.3 Å². The van der Waals surface area contributed by atoms with Crippen LogP contribution in [0.25, 0.3) is 5.52 Å². The van der Waals surface area contributed by atoms with Crippen molar-refractivity contribution in [3.8, 4) is 0 Å². The minimum Gasteiger partial charge on any atom is -0.480 e. The standard InChI is InChI=1S/C12H14N4O2/c1-8-7-10-11(13-4-6-16(10)14-8)15-5-2-3-9(15)12(17)18/h4,6-7,9H,2-3,5H2,1H3,(H,17,18). The Labute approximate surface area is 104 Å². The molecule has 94 valence electrons. The minimum absolute atomic E-state index is 0.473. The number of nitrogens with zero attached hydrogens (tertiary/aromatic N) is 4. The molecule has 3 heterocycles. The maximum absolute atomic E-state index is 11.2. The Bertz CT molecular complexity index is 607. The fraction of sp³-hybridized carbons (Fsp3) is 0.417. The summed E-state index contributed by atoms with van der Waals surface area (Å²) in [7, 11) is 0. The first-order valence-electron chi connectivity index (χ1n) is 5.97. The lowest BCUT2D eigenvalue weighted by Gasteiger charge is -2.22. The minimum atomic E-state index is -0.785. The van der Waals surface area contributed by atoms with E-state index in [0.717, 1.165) is 24.2 Å². The zero-order valence-corrected chi connectivity index (χ0v) is 10.1. The molecule has 1 aliphatic rings. The van der Waals surface area contributed by atoms with Crippen LogP contribution in [0.3, 0.4) is 0 Å². The number of aliphatic carboxylic acids is 1. The second kappa shape index (κ2) is 3.97. The smallest absolute Gasteiger partial charge is 0.326 e. The van der Waals surface area contributed by atoms with Crippen LogP contribution in [0.5, 0.6) is 0 Å². The molecule has 1 fully saturated rings. The van der Waals surface area contributed by atoms with E-state index in [0.29, 0.717) is 12.2 Å². The zero-order chi connectivity index (χ0) is 12.7. The normalized spacial score (nSPS) is 19.6. The molecular weight excluding hydrogens is 232 g/mol. The highest BCUT2D eigenvalue weighted by Gasteiger charge is 2.32. The molecule has 0 spiro atoms. The SMILES string of the molecule is Cc1cc2c(N3CCCC3C(=O)O)nccn2n1. The van der Waals surface area contributed by atoms with Gasteiger partial charge in [0.2, 0.25) is 0 Å². The summed E-state index contributed by atoms with van der Waals surface area (Å²) in [6.07, 6.45) is 4.99. The third kappa shape index (κ3) is 1.61. The average molecular weight is 246 g/mol. The van der Waals surface area contributed by atoms with Gasteiger partial charge >= 0.3 is 5.97 Å². The molecule has 0 bridgehead atoms. The first-order chi connectivity index (χ1) is 8.66. The molecule has 0 radical (unpaired) electrons. The van der Waals surface area contributed by atoms with Gasteiger partial charge < -0.3 is 10.0 Å². The molecule has 2 aromatic heterocycles. The van der Waals surface area contributed by atoms with Crippen molar-refractivity contribution in [2.45, 2.75) is 25.8 Å². The van der Waals surface area contributed by atoms with Crippen LogP contribution in [0, 0.1) is 6.92 Å². The zero-order valence-electron chi connectivity index (χ0n) is 10.1. The van der Waals surface area contributed by atoms with E-state index in [1.165, 1.54) is 0 Å². The molecule has 2 aromatic rings. The highest BCUT2D eigenvalue weighted by molar-refractivity contribution is 5.81. The molecule has 6 nitrogen and oxygen atoms in total. The van der Waals surface area contributed by atoms with E-state index in [4.69, 9.17) is 0 Å². The average Bonchev–Trinajstić information content (AvgIpc) is 2.92. The summed E-state index contributed by atoms with van der Waals surface area (Å²) in [5, 5.41) is 13.5. The molecule has 0 amide bonds. The maximum atomic E-state index is 11.2. The predicted molar refractivity (Wildman–Crippen MR) is 65.7 cm³/mol. The van der Waals surface area contributed by atoms with E-state index in [1.54, 1.807) is 16.9 Å². The molecule has 1 unspecified atom stereocenters. The van der Waals surface area contributed by atoms with Gasteiger partial charge in [-0.3, -0.25) is 0 Å². The number of fused-ring (bicyclic) bond motifs is 1. The Balaban J connectivity index is 2.11. The molecule has 1 atom stereocenters. The number of carbonyl (C=O) groups is 1. The van der Waals surface area contributed by atoms with Crippen LogP contribution in [0.4, 0.5) is 5.82 Å². The van der Waals surface area contributed by atoms with E-state index in [2.05, 4.69) is 10.1 Å². The van der Waals surface area contributed by atoms with E-state index in [-0.39, 0.29) is 0 Å². The topological polar surface area (TPSA) is 70.7 Å². The van der Waals surface area contributed by atoms with Gasteiger partial charge in [0.15, 0.2) is 5.82 Å². The summed E-state index contributed by atoms with van der Waals surface area (Å²) in [6.45, 7) is 2.64. The molecule has 0 aromatic carbocycles. The van der Waals surface area contributed by atoms with Crippen molar-refractivity contribution >= 4 is 17.3 Å². The van der Waals surface area contributed by atoms with Crippen LogP contribution in [0.15, 0.2) is 18.5 Å². The Morgan fingerprint density at radius 1 is 1.56 bits per heavy atom. The quantitative estimate of drug-likeness (QED) is 0.859. The van der Waals surface area contributed by atoms with E-state index in [1.807, 2.05) is 17.9 Å². The fourth-order valence-corrected chi connectivity index (χ4v) is 2.53. The van der Waals surface area contributed by atoms with Gasteiger partial charge in [-0.05, 0) is 25.8 Å². The first-order valence-corrected chi connectivity index (χ1v) is 5.97. The van der Waals surface area contributed by atoms with Gasteiger partial charge in [-0.1, -0.05) is 0 Å². The summed E-state index contributed by atoms with van der Waals surface area (Å²) in [5.41, 5.74) is 1.76. The molecule has 1 aliphatic heterocycles. The summed E-state index contributed by atoms with van der Waals surface area (Å²) >= 11 is 0. The van der Waals surface area contributed by atoms with Crippen LogP contribution >= 0.6 is 0 Å². The van der Waals surface area contributed by atoms with Crippen molar-refractivity contribution in [3.05, 3.63) is 24.2 Å². The van der Waals surface area contributed by atoms with Crippen molar-refractivity contribution in [3.63, 3.8) is 0 Å². The number of hydrogen-bond donors (Lipinski definition) is 1. The molecule has 0 aliphatic carbocycles. The van der Waals surface area contributed by atoms with E-state index >= 15 is 0 Å². The molecule has 18 heavy (non-hydrogen) atoms. The van der Waals surface area contributed by atoms with Gasteiger partial charge in [0.1, 0.15) is 11.6 Å². The molecular formula is C12H14N4O2. The lowest BCUT2D eigenvalue weighted by Crippen LogP contribution is -2.36. The number of aryl methyl sites for hydroxylation is 1. The van der Waals surface area contributed by atoms with Crippen molar-refractivity contribution in [2.24, 2.45) is 0 Å². The Kier molecular flexibility index (Phi) is 2.43. The lowest BCUT2D eigenvalue weighted by atomic mass is 10.2. The molecule has 6 heteroatoms. The molecule has 1 N–H and O–H groups in total. The van der Waals surface area contributed by atoms with Crippen LogP contribution in [0.1, 0.15) is 18.5 Å². The van der Waals surface area contributed by atoms with Crippen molar-refractivity contribution < 1.29 is 9.90 Å². The number of aromatic nitrogens is 3. The molecule has 0 saturated carbocycles. The summed E-state index contributed by atoms with van der Waals surface area (Å²) in [5.74, 6) is -0.0736. The second-order valence-corrected chi connectivity index (χ2v) is 4.56. The Morgan fingerprint density at radius 2 is 2.39 bits per heavy atom. The highest BCUT2D eigenvalue weighted by Crippen LogP contribution is 2.27.